The average molecular weight is 277 g/mol. The molecule has 0 amide bonds. The highest BCUT2D eigenvalue weighted by molar-refractivity contribution is 5.75. The van der Waals surface area contributed by atoms with Crippen molar-refractivity contribution in [2.24, 2.45) is 0 Å². The third-order valence-corrected chi connectivity index (χ3v) is 3.13. The number of hydrogen-bond acceptors (Lipinski definition) is 4. The van der Waals surface area contributed by atoms with Crippen LogP contribution in [0, 0.1) is 0 Å². The van der Waals surface area contributed by atoms with Crippen molar-refractivity contribution in [3.8, 4) is 0 Å². The van der Waals surface area contributed by atoms with Crippen LogP contribution in [0.3, 0.4) is 0 Å². The van der Waals surface area contributed by atoms with Gasteiger partial charge < -0.3 is 10.1 Å². The molecule has 8 heteroatoms. The van der Waals surface area contributed by atoms with Crippen LogP contribution in [0.5, 0.6) is 0 Å². The molecule has 1 N–H and O–H groups in total. The molecule has 19 heavy (non-hydrogen) atoms. The molecule has 2 unspecified atom stereocenters. The zero-order chi connectivity index (χ0) is 14.0. The van der Waals surface area contributed by atoms with Crippen LogP contribution < -0.4 is 5.32 Å². The molecule has 1 saturated heterocycles. The highest BCUT2D eigenvalue weighted by Gasteiger charge is 2.35. The first-order chi connectivity index (χ1) is 8.91. The van der Waals surface area contributed by atoms with Crippen LogP contribution in [0.25, 0.3) is 0 Å². The number of nitrogens with zero attached hydrogens (tertiary/aromatic N) is 2. The fourth-order valence-corrected chi connectivity index (χ4v) is 2.15. The van der Waals surface area contributed by atoms with E-state index in [0.717, 1.165) is 6.07 Å². The molecule has 0 aliphatic carbocycles. The van der Waals surface area contributed by atoms with E-state index in [1.165, 1.54) is 18.0 Å². The standard InChI is InChI=1S/C11H14F3N3O2/c1-19-10(18)8-6-7(2-4-15-8)17-5-3-9(16-17)11(12,13)14/h3,5,7-8,15H,2,4,6H2,1H3. The molecule has 1 aromatic heterocycles. The lowest BCUT2D eigenvalue weighted by molar-refractivity contribution is -0.144. The van der Waals surface area contributed by atoms with Crippen molar-refractivity contribution in [1.29, 1.82) is 0 Å². The Morgan fingerprint density at radius 1 is 1.58 bits per heavy atom. The van der Waals surface area contributed by atoms with E-state index in [1.54, 1.807) is 0 Å². The van der Waals surface area contributed by atoms with Gasteiger partial charge in [0, 0.05) is 6.20 Å². The molecule has 5 nitrogen and oxygen atoms in total. The molecule has 0 bridgehead atoms. The van der Waals surface area contributed by atoms with E-state index in [2.05, 4.69) is 15.2 Å². The van der Waals surface area contributed by atoms with Crippen molar-refractivity contribution in [1.82, 2.24) is 15.1 Å². The maximum atomic E-state index is 12.5. The zero-order valence-corrected chi connectivity index (χ0v) is 10.3. The minimum absolute atomic E-state index is 0.235. The largest absolute Gasteiger partial charge is 0.468 e. The smallest absolute Gasteiger partial charge is 0.435 e. The number of nitrogens with one attached hydrogen (secondary N) is 1. The number of esters is 1. The maximum absolute atomic E-state index is 12.5. The highest BCUT2D eigenvalue weighted by Crippen LogP contribution is 2.29. The summed E-state index contributed by atoms with van der Waals surface area (Å²) >= 11 is 0. The van der Waals surface area contributed by atoms with Crippen LogP contribution in [-0.4, -0.2) is 35.4 Å². The normalized spacial score (nSPS) is 24.2. The lowest BCUT2D eigenvalue weighted by Crippen LogP contribution is -2.44. The Labute approximate surface area is 107 Å². The van der Waals surface area contributed by atoms with Gasteiger partial charge in [0.15, 0.2) is 5.69 Å². The summed E-state index contributed by atoms with van der Waals surface area (Å²) in [5.41, 5.74) is -0.916. The second-order valence-corrected chi connectivity index (χ2v) is 4.39. The molecule has 2 heterocycles. The van der Waals surface area contributed by atoms with Crippen molar-refractivity contribution in [3.05, 3.63) is 18.0 Å². The number of rotatable bonds is 2. The van der Waals surface area contributed by atoms with Crippen molar-refractivity contribution < 1.29 is 22.7 Å². The number of piperidine rings is 1. The van der Waals surface area contributed by atoms with E-state index in [0.29, 0.717) is 19.4 Å². The van der Waals surface area contributed by atoms with E-state index in [-0.39, 0.29) is 6.04 Å². The summed E-state index contributed by atoms with van der Waals surface area (Å²) in [4.78, 5) is 11.4. The summed E-state index contributed by atoms with van der Waals surface area (Å²) in [5, 5.41) is 6.51. The lowest BCUT2D eigenvalue weighted by Gasteiger charge is -2.28. The van der Waals surface area contributed by atoms with Crippen molar-refractivity contribution >= 4 is 5.97 Å². The van der Waals surface area contributed by atoms with Gasteiger partial charge in [0.05, 0.1) is 13.2 Å². The molecule has 0 saturated carbocycles. The third kappa shape index (κ3) is 3.06. The second kappa shape index (κ2) is 5.20. The molecule has 0 aromatic carbocycles. The van der Waals surface area contributed by atoms with Gasteiger partial charge in [-0.1, -0.05) is 0 Å². The number of alkyl halides is 3. The monoisotopic (exact) mass is 277 g/mol. The number of halogens is 3. The third-order valence-electron chi connectivity index (χ3n) is 3.13. The topological polar surface area (TPSA) is 56.2 Å². The molecule has 106 valence electrons. The Hall–Kier alpha value is -1.57. The fraction of sp³-hybridized carbons (Fsp3) is 0.636. The lowest BCUT2D eigenvalue weighted by atomic mass is 10.00. The molecule has 2 atom stereocenters. The predicted octanol–water partition coefficient (Wildman–Crippen LogP) is 1.37. The van der Waals surface area contributed by atoms with Gasteiger partial charge in [-0.2, -0.15) is 18.3 Å². The van der Waals surface area contributed by atoms with E-state index in [9.17, 15) is 18.0 Å². The average Bonchev–Trinajstić information content (AvgIpc) is 2.87. The summed E-state index contributed by atoms with van der Waals surface area (Å²) in [6.45, 7) is 0.533. The molecule has 0 spiro atoms. The van der Waals surface area contributed by atoms with Gasteiger partial charge >= 0.3 is 12.1 Å². The number of hydrogen-bond donors (Lipinski definition) is 1. The van der Waals surface area contributed by atoms with E-state index in [4.69, 9.17) is 0 Å². The molecule has 1 fully saturated rings. The second-order valence-electron chi connectivity index (χ2n) is 4.39. The highest BCUT2D eigenvalue weighted by atomic mass is 19.4. The van der Waals surface area contributed by atoms with Crippen LogP contribution in [0.15, 0.2) is 12.3 Å². The number of ether oxygens (including phenoxy) is 1. The molecule has 2 rings (SSSR count). The molecular formula is C11H14F3N3O2. The molecular weight excluding hydrogens is 263 g/mol. The Kier molecular flexibility index (Phi) is 3.79. The summed E-state index contributed by atoms with van der Waals surface area (Å²) in [6.07, 6.45) is -2.16. The number of aromatic nitrogens is 2. The quantitative estimate of drug-likeness (QED) is 0.829. The van der Waals surface area contributed by atoms with Gasteiger partial charge in [-0.25, -0.2) is 0 Å². The Morgan fingerprint density at radius 2 is 2.32 bits per heavy atom. The summed E-state index contributed by atoms with van der Waals surface area (Å²) in [6, 6.07) is 0.207. The van der Waals surface area contributed by atoms with Gasteiger partial charge in [-0.15, -0.1) is 0 Å². The molecule has 1 aliphatic heterocycles. The summed E-state index contributed by atoms with van der Waals surface area (Å²) < 4.78 is 43.3. The van der Waals surface area contributed by atoms with Crippen molar-refractivity contribution in [2.75, 3.05) is 13.7 Å². The van der Waals surface area contributed by atoms with Gasteiger partial charge in [-0.05, 0) is 25.5 Å². The number of carbonyl (C=O) groups is 1. The van der Waals surface area contributed by atoms with Crippen LogP contribution in [-0.2, 0) is 15.7 Å². The molecule has 0 radical (unpaired) electrons. The Bertz CT molecular complexity index is 458. The minimum atomic E-state index is -4.44. The van der Waals surface area contributed by atoms with Gasteiger partial charge in [0.25, 0.3) is 0 Å². The van der Waals surface area contributed by atoms with E-state index >= 15 is 0 Å². The summed E-state index contributed by atoms with van der Waals surface area (Å²) in [7, 11) is 1.28. The first-order valence-corrected chi connectivity index (χ1v) is 5.85. The minimum Gasteiger partial charge on any atom is -0.468 e. The number of carbonyl (C=O) groups excluding carboxylic acids is 1. The van der Waals surface area contributed by atoms with Gasteiger partial charge in [-0.3, -0.25) is 9.48 Å². The van der Waals surface area contributed by atoms with Gasteiger partial charge in [0.2, 0.25) is 0 Å². The van der Waals surface area contributed by atoms with Crippen LogP contribution >= 0.6 is 0 Å². The fourth-order valence-electron chi connectivity index (χ4n) is 2.15. The summed E-state index contributed by atoms with van der Waals surface area (Å²) in [5.74, 6) is -0.409. The van der Waals surface area contributed by atoms with Crippen LogP contribution in [0.2, 0.25) is 0 Å². The van der Waals surface area contributed by atoms with Gasteiger partial charge in [0.1, 0.15) is 6.04 Å². The van der Waals surface area contributed by atoms with E-state index in [1.807, 2.05) is 0 Å². The van der Waals surface area contributed by atoms with Crippen LogP contribution in [0.1, 0.15) is 24.6 Å². The van der Waals surface area contributed by atoms with E-state index < -0.39 is 23.9 Å². The molecule has 1 aliphatic rings. The van der Waals surface area contributed by atoms with Crippen LogP contribution in [0.4, 0.5) is 13.2 Å². The SMILES string of the molecule is COC(=O)C1CC(n2ccc(C(F)(F)F)n2)CCN1. The zero-order valence-electron chi connectivity index (χ0n) is 10.3. The Balaban J connectivity index is 2.09. The predicted molar refractivity (Wildman–Crippen MR) is 59.3 cm³/mol. The van der Waals surface area contributed by atoms with Crippen molar-refractivity contribution in [3.63, 3.8) is 0 Å². The Morgan fingerprint density at radius 3 is 2.89 bits per heavy atom. The number of methoxy groups -OCH3 is 1. The van der Waals surface area contributed by atoms with Crippen molar-refractivity contribution in [2.45, 2.75) is 31.1 Å². The maximum Gasteiger partial charge on any atom is 0.435 e. The molecule has 1 aromatic rings. The first-order valence-electron chi connectivity index (χ1n) is 5.85. The first kappa shape index (κ1) is 13.9.